The Labute approximate surface area is 122 Å². The SMILES string of the molecule is NC1CCCN(C(=O)Nc2cccc(OCC(=O)O)c2)C1. The van der Waals surface area contributed by atoms with Crippen LogP contribution in [-0.4, -0.2) is 47.7 Å². The van der Waals surface area contributed by atoms with Crippen LogP contribution in [0.2, 0.25) is 0 Å². The molecule has 0 aromatic heterocycles. The fourth-order valence-electron chi connectivity index (χ4n) is 2.21. The zero-order valence-electron chi connectivity index (χ0n) is 11.6. The molecule has 1 fully saturated rings. The van der Waals surface area contributed by atoms with Gasteiger partial charge in [0.15, 0.2) is 6.61 Å². The van der Waals surface area contributed by atoms with Crippen LogP contribution in [0.1, 0.15) is 12.8 Å². The summed E-state index contributed by atoms with van der Waals surface area (Å²) in [5.74, 6) is -0.655. The number of ether oxygens (including phenoxy) is 1. The zero-order chi connectivity index (χ0) is 15.2. The fraction of sp³-hybridized carbons (Fsp3) is 0.429. The lowest BCUT2D eigenvalue weighted by molar-refractivity contribution is -0.139. The van der Waals surface area contributed by atoms with Crippen molar-refractivity contribution in [3.63, 3.8) is 0 Å². The number of hydrogen-bond donors (Lipinski definition) is 3. The van der Waals surface area contributed by atoms with Gasteiger partial charge in [-0.05, 0) is 25.0 Å². The molecule has 0 spiro atoms. The molecule has 0 radical (unpaired) electrons. The largest absolute Gasteiger partial charge is 0.482 e. The first-order valence-electron chi connectivity index (χ1n) is 6.81. The smallest absolute Gasteiger partial charge is 0.341 e. The molecule has 1 aliphatic heterocycles. The number of benzene rings is 1. The summed E-state index contributed by atoms with van der Waals surface area (Å²) in [6.07, 6.45) is 1.83. The maximum absolute atomic E-state index is 12.1. The average molecular weight is 293 g/mol. The molecule has 0 bridgehead atoms. The van der Waals surface area contributed by atoms with Gasteiger partial charge in [-0.25, -0.2) is 9.59 Å². The lowest BCUT2D eigenvalue weighted by Gasteiger charge is -2.30. The minimum atomic E-state index is -1.05. The van der Waals surface area contributed by atoms with Gasteiger partial charge in [-0.2, -0.15) is 0 Å². The molecule has 2 amide bonds. The molecule has 1 unspecified atom stereocenters. The monoisotopic (exact) mass is 293 g/mol. The van der Waals surface area contributed by atoms with Gasteiger partial charge in [0.1, 0.15) is 5.75 Å². The van der Waals surface area contributed by atoms with Gasteiger partial charge in [0, 0.05) is 30.9 Å². The quantitative estimate of drug-likeness (QED) is 0.771. The lowest BCUT2D eigenvalue weighted by atomic mass is 10.1. The maximum Gasteiger partial charge on any atom is 0.341 e. The van der Waals surface area contributed by atoms with Crippen molar-refractivity contribution in [2.75, 3.05) is 25.0 Å². The van der Waals surface area contributed by atoms with Crippen LogP contribution in [0.4, 0.5) is 10.5 Å². The molecule has 0 saturated carbocycles. The number of likely N-dealkylation sites (tertiary alicyclic amines) is 1. The van der Waals surface area contributed by atoms with Crippen LogP contribution in [0.3, 0.4) is 0 Å². The number of nitrogens with zero attached hydrogens (tertiary/aromatic N) is 1. The first-order valence-corrected chi connectivity index (χ1v) is 6.81. The third kappa shape index (κ3) is 4.64. The molecule has 1 aliphatic rings. The van der Waals surface area contributed by atoms with E-state index in [4.69, 9.17) is 15.6 Å². The lowest BCUT2D eigenvalue weighted by Crippen LogP contribution is -2.47. The van der Waals surface area contributed by atoms with Crippen LogP contribution in [0.5, 0.6) is 5.75 Å². The molecule has 7 nitrogen and oxygen atoms in total. The zero-order valence-corrected chi connectivity index (χ0v) is 11.6. The van der Waals surface area contributed by atoms with Gasteiger partial charge in [0.2, 0.25) is 0 Å². The van der Waals surface area contributed by atoms with Crippen LogP contribution in [0.25, 0.3) is 0 Å². The van der Waals surface area contributed by atoms with Crippen molar-refractivity contribution < 1.29 is 19.4 Å². The second-order valence-electron chi connectivity index (χ2n) is 4.99. The van der Waals surface area contributed by atoms with Crippen molar-refractivity contribution in [3.05, 3.63) is 24.3 Å². The number of aliphatic carboxylic acids is 1. The number of rotatable bonds is 4. The Morgan fingerprint density at radius 1 is 1.48 bits per heavy atom. The number of anilines is 1. The number of carboxylic acid groups (broad SMARTS) is 1. The second kappa shape index (κ2) is 6.94. The molecule has 1 aromatic carbocycles. The Kier molecular flexibility index (Phi) is 4.99. The van der Waals surface area contributed by atoms with E-state index in [1.165, 1.54) is 0 Å². The van der Waals surface area contributed by atoms with Crippen molar-refractivity contribution in [3.8, 4) is 5.75 Å². The molecule has 0 aliphatic carbocycles. The summed E-state index contributed by atoms with van der Waals surface area (Å²) in [5.41, 5.74) is 6.41. The minimum Gasteiger partial charge on any atom is -0.482 e. The van der Waals surface area contributed by atoms with Crippen molar-refractivity contribution in [1.29, 1.82) is 0 Å². The summed E-state index contributed by atoms with van der Waals surface area (Å²) < 4.78 is 5.07. The number of nitrogens with two attached hydrogens (primary N) is 1. The van der Waals surface area contributed by atoms with E-state index in [1.807, 2.05) is 0 Å². The van der Waals surface area contributed by atoms with Crippen LogP contribution in [-0.2, 0) is 4.79 Å². The molecule has 1 saturated heterocycles. The third-order valence-corrected chi connectivity index (χ3v) is 3.19. The van der Waals surface area contributed by atoms with Crippen LogP contribution >= 0.6 is 0 Å². The number of carboxylic acids is 1. The highest BCUT2D eigenvalue weighted by molar-refractivity contribution is 5.89. The van der Waals surface area contributed by atoms with Crippen molar-refractivity contribution in [2.24, 2.45) is 5.73 Å². The average Bonchev–Trinajstić information content (AvgIpc) is 2.45. The molecule has 21 heavy (non-hydrogen) atoms. The molecule has 114 valence electrons. The Morgan fingerprint density at radius 2 is 2.29 bits per heavy atom. The fourth-order valence-corrected chi connectivity index (χ4v) is 2.21. The van der Waals surface area contributed by atoms with E-state index in [-0.39, 0.29) is 12.1 Å². The van der Waals surface area contributed by atoms with Crippen LogP contribution in [0, 0.1) is 0 Å². The molecule has 7 heteroatoms. The van der Waals surface area contributed by atoms with Gasteiger partial charge in [0.25, 0.3) is 0 Å². The van der Waals surface area contributed by atoms with E-state index in [2.05, 4.69) is 5.32 Å². The van der Waals surface area contributed by atoms with E-state index >= 15 is 0 Å². The first kappa shape index (κ1) is 15.1. The Hall–Kier alpha value is -2.28. The highest BCUT2D eigenvalue weighted by Gasteiger charge is 2.21. The van der Waals surface area contributed by atoms with Gasteiger partial charge in [-0.15, -0.1) is 0 Å². The number of amides is 2. The maximum atomic E-state index is 12.1. The number of nitrogens with one attached hydrogen (secondary N) is 1. The standard InChI is InChI=1S/C14H19N3O4/c15-10-3-2-6-17(8-10)14(20)16-11-4-1-5-12(7-11)21-9-13(18)19/h1,4-5,7,10H,2-3,6,8-9,15H2,(H,16,20)(H,18,19). The van der Waals surface area contributed by atoms with Gasteiger partial charge in [0.05, 0.1) is 0 Å². The summed E-state index contributed by atoms with van der Waals surface area (Å²) in [7, 11) is 0. The van der Waals surface area contributed by atoms with Crippen molar-refractivity contribution in [2.45, 2.75) is 18.9 Å². The molecule has 1 aromatic rings. The third-order valence-electron chi connectivity index (χ3n) is 3.19. The van der Waals surface area contributed by atoms with Gasteiger partial charge < -0.3 is 25.8 Å². The highest BCUT2D eigenvalue weighted by atomic mass is 16.5. The van der Waals surface area contributed by atoms with Crippen LogP contribution < -0.4 is 15.8 Å². The number of carbonyl (C=O) groups excluding carboxylic acids is 1. The van der Waals surface area contributed by atoms with Crippen molar-refractivity contribution >= 4 is 17.7 Å². The first-order chi connectivity index (χ1) is 10.0. The molecule has 2 rings (SSSR count). The molecule has 1 heterocycles. The topological polar surface area (TPSA) is 105 Å². The Bertz CT molecular complexity index is 521. The summed E-state index contributed by atoms with van der Waals surface area (Å²) in [5, 5.41) is 11.3. The number of carbonyl (C=O) groups is 2. The van der Waals surface area contributed by atoms with Gasteiger partial charge >= 0.3 is 12.0 Å². The molecule has 1 atom stereocenters. The highest BCUT2D eigenvalue weighted by Crippen LogP contribution is 2.18. The number of piperidine rings is 1. The molecular formula is C14H19N3O4. The summed E-state index contributed by atoms with van der Waals surface area (Å²) in [4.78, 5) is 24.3. The van der Waals surface area contributed by atoms with Gasteiger partial charge in [-0.3, -0.25) is 0 Å². The van der Waals surface area contributed by atoms with Gasteiger partial charge in [-0.1, -0.05) is 6.07 Å². The number of urea groups is 1. The Balaban J connectivity index is 1.94. The molecular weight excluding hydrogens is 274 g/mol. The predicted octanol–water partition coefficient (Wildman–Crippen LogP) is 1.10. The molecule has 4 N–H and O–H groups in total. The van der Waals surface area contributed by atoms with Crippen molar-refractivity contribution in [1.82, 2.24) is 4.90 Å². The summed E-state index contributed by atoms with van der Waals surface area (Å²) in [6, 6.07) is 6.44. The normalized spacial score (nSPS) is 18.1. The van der Waals surface area contributed by atoms with E-state index in [0.717, 1.165) is 12.8 Å². The Morgan fingerprint density at radius 3 is 3.00 bits per heavy atom. The van der Waals surface area contributed by atoms with E-state index < -0.39 is 12.6 Å². The predicted molar refractivity (Wildman–Crippen MR) is 77.4 cm³/mol. The van der Waals surface area contributed by atoms with E-state index in [0.29, 0.717) is 24.5 Å². The summed E-state index contributed by atoms with van der Waals surface area (Å²) >= 11 is 0. The van der Waals surface area contributed by atoms with Crippen LogP contribution in [0.15, 0.2) is 24.3 Å². The summed E-state index contributed by atoms with van der Waals surface area (Å²) in [6.45, 7) is 0.814. The van der Waals surface area contributed by atoms with E-state index in [9.17, 15) is 9.59 Å². The minimum absolute atomic E-state index is 0.0229. The number of hydrogen-bond acceptors (Lipinski definition) is 4. The second-order valence-corrected chi connectivity index (χ2v) is 4.99. The van der Waals surface area contributed by atoms with E-state index in [1.54, 1.807) is 29.2 Å².